The van der Waals surface area contributed by atoms with Crippen molar-refractivity contribution in [1.29, 1.82) is 0 Å². The molecule has 0 saturated carbocycles. The van der Waals surface area contributed by atoms with E-state index in [9.17, 15) is 22.4 Å². The van der Waals surface area contributed by atoms with Gasteiger partial charge in [0.15, 0.2) is 0 Å². The van der Waals surface area contributed by atoms with E-state index < -0.39 is 34.3 Å². The number of anilines is 1. The quantitative estimate of drug-likeness (QED) is 0.516. The molecule has 10 heteroatoms. The first kappa shape index (κ1) is 26.6. The second kappa shape index (κ2) is 12.0. The van der Waals surface area contributed by atoms with Gasteiger partial charge in [-0.3, -0.25) is 13.9 Å². The molecule has 2 amide bonds. The van der Waals surface area contributed by atoms with Gasteiger partial charge in [-0.2, -0.15) is 0 Å². The Morgan fingerprint density at radius 1 is 1.12 bits per heavy atom. The Morgan fingerprint density at radius 3 is 2.33 bits per heavy atom. The Balaban J connectivity index is 2.36. The van der Waals surface area contributed by atoms with Gasteiger partial charge in [0.1, 0.15) is 18.4 Å². The Hall–Kier alpha value is -2.65. The molecule has 33 heavy (non-hydrogen) atoms. The summed E-state index contributed by atoms with van der Waals surface area (Å²) in [6, 6.07) is 12.1. The largest absolute Gasteiger partial charge is 0.355 e. The first-order chi connectivity index (χ1) is 15.6. The topological polar surface area (TPSA) is 86.8 Å². The smallest absolute Gasteiger partial charge is 0.244 e. The van der Waals surface area contributed by atoms with Crippen LogP contribution in [0.15, 0.2) is 48.5 Å². The van der Waals surface area contributed by atoms with Crippen molar-refractivity contribution in [2.24, 2.45) is 0 Å². The number of nitrogens with zero attached hydrogens (tertiary/aromatic N) is 2. The van der Waals surface area contributed by atoms with Crippen LogP contribution in [0.25, 0.3) is 0 Å². The van der Waals surface area contributed by atoms with Gasteiger partial charge in [-0.25, -0.2) is 12.8 Å². The summed E-state index contributed by atoms with van der Waals surface area (Å²) >= 11 is 5.83. The molecule has 7 nitrogen and oxygen atoms in total. The molecule has 2 rings (SSSR count). The molecule has 0 spiro atoms. The molecule has 0 aliphatic rings. The van der Waals surface area contributed by atoms with Gasteiger partial charge in [-0.1, -0.05) is 48.9 Å². The molecule has 0 fully saturated rings. The van der Waals surface area contributed by atoms with E-state index in [-0.39, 0.29) is 23.2 Å². The van der Waals surface area contributed by atoms with Gasteiger partial charge in [0.2, 0.25) is 21.8 Å². The molecule has 180 valence electrons. The lowest BCUT2D eigenvalue weighted by molar-refractivity contribution is -0.139. The minimum atomic E-state index is -3.90. The van der Waals surface area contributed by atoms with E-state index >= 15 is 0 Å². The highest BCUT2D eigenvalue weighted by molar-refractivity contribution is 7.92. The monoisotopic (exact) mass is 497 g/mol. The van der Waals surface area contributed by atoms with Crippen molar-refractivity contribution in [3.63, 3.8) is 0 Å². The van der Waals surface area contributed by atoms with Crippen molar-refractivity contribution in [2.75, 3.05) is 30.2 Å². The van der Waals surface area contributed by atoms with Crippen molar-refractivity contribution in [3.8, 4) is 0 Å². The van der Waals surface area contributed by atoms with Gasteiger partial charge >= 0.3 is 0 Å². The highest BCUT2D eigenvalue weighted by Gasteiger charge is 2.31. The summed E-state index contributed by atoms with van der Waals surface area (Å²) < 4.78 is 39.4. The van der Waals surface area contributed by atoms with Gasteiger partial charge in [0.25, 0.3) is 0 Å². The maximum absolute atomic E-state index is 13.6. The van der Waals surface area contributed by atoms with Crippen molar-refractivity contribution < 1.29 is 22.4 Å². The molecule has 1 atom stereocenters. The number of sulfonamides is 1. The predicted octanol–water partition coefficient (Wildman–Crippen LogP) is 3.23. The summed E-state index contributed by atoms with van der Waals surface area (Å²) in [5, 5.41) is 2.47. The van der Waals surface area contributed by atoms with E-state index in [1.165, 1.54) is 11.0 Å². The summed E-state index contributed by atoms with van der Waals surface area (Å²) in [6.07, 6.45) is 1.80. The number of hydrogen-bond acceptors (Lipinski definition) is 4. The van der Waals surface area contributed by atoms with Crippen molar-refractivity contribution >= 4 is 39.1 Å². The van der Waals surface area contributed by atoms with Gasteiger partial charge in [-0.15, -0.1) is 0 Å². The summed E-state index contributed by atoms with van der Waals surface area (Å²) in [5.41, 5.74) is 1.04. The molecule has 0 unspecified atom stereocenters. The summed E-state index contributed by atoms with van der Waals surface area (Å²) in [5.74, 6) is -1.56. The number of carbonyl (C=O) groups excluding carboxylic acids is 2. The molecule has 0 radical (unpaired) electrons. The number of rotatable bonds is 11. The number of hydrogen-bond donors (Lipinski definition) is 1. The summed E-state index contributed by atoms with van der Waals surface area (Å²) in [4.78, 5) is 27.5. The lowest BCUT2D eigenvalue weighted by atomic mass is 10.1. The molecule has 0 aliphatic heterocycles. The molecule has 0 aliphatic carbocycles. The average molecular weight is 498 g/mol. The first-order valence-electron chi connectivity index (χ1n) is 10.6. The minimum Gasteiger partial charge on any atom is -0.355 e. The van der Waals surface area contributed by atoms with Crippen molar-refractivity contribution in [1.82, 2.24) is 10.2 Å². The Bertz CT molecular complexity index is 1070. The van der Waals surface area contributed by atoms with Gasteiger partial charge < -0.3 is 10.2 Å². The van der Waals surface area contributed by atoms with E-state index in [1.54, 1.807) is 13.8 Å². The van der Waals surface area contributed by atoms with Crippen LogP contribution in [-0.2, 0) is 26.0 Å². The molecule has 2 aromatic rings. The number of nitrogens with one attached hydrogen (secondary N) is 1. The third-order valence-corrected chi connectivity index (χ3v) is 6.52. The average Bonchev–Trinajstić information content (AvgIpc) is 2.76. The molecule has 0 saturated heterocycles. The maximum atomic E-state index is 13.6. The van der Waals surface area contributed by atoms with E-state index in [0.717, 1.165) is 28.3 Å². The van der Waals surface area contributed by atoms with Crippen LogP contribution in [0.3, 0.4) is 0 Å². The van der Waals surface area contributed by atoms with E-state index in [2.05, 4.69) is 5.32 Å². The van der Waals surface area contributed by atoms with E-state index in [1.807, 2.05) is 30.3 Å². The molecule has 0 heterocycles. The van der Waals surface area contributed by atoms with Crippen LogP contribution >= 0.6 is 11.6 Å². The highest BCUT2D eigenvalue weighted by atomic mass is 35.5. The van der Waals surface area contributed by atoms with Gasteiger partial charge in [-0.05, 0) is 43.5 Å². The zero-order chi connectivity index (χ0) is 24.6. The Morgan fingerprint density at radius 2 is 1.79 bits per heavy atom. The maximum Gasteiger partial charge on any atom is 0.244 e. The second-order valence-electron chi connectivity index (χ2n) is 7.51. The number of carbonyl (C=O) groups is 2. The fourth-order valence-electron chi connectivity index (χ4n) is 3.44. The molecule has 0 bridgehead atoms. The summed E-state index contributed by atoms with van der Waals surface area (Å²) in [7, 11) is -3.90. The van der Waals surface area contributed by atoms with Crippen LogP contribution < -0.4 is 9.62 Å². The van der Waals surface area contributed by atoms with Crippen LogP contribution in [0.2, 0.25) is 5.02 Å². The van der Waals surface area contributed by atoms with E-state index in [0.29, 0.717) is 19.4 Å². The SMILES string of the molecule is CCNC(=O)[C@@H](CC)N(CCc1ccccc1)C(=O)CN(c1ccc(F)c(Cl)c1)S(C)(=O)=O. The van der Waals surface area contributed by atoms with Gasteiger partial charge in [0.05, 0.1) is 17.0 Å². The molecule has 0 aromatic heterocycles. The fraction of sp³-hybridized carbons (Fsp3) is 0.391. The van der Waals surface area contributed by atoms with Crippen molar-refractivity contribution in [2.45, 2.75) is 32.7 Å². The van der Waals surface area contributed by atoms with Crippen molar-refractivity contribution in [3.05, 3.63) is 64.9 Å². The third kappa shape index (κ3) is 7.43. The lowest BCUT2D eigenvalue weighted by Gasteiger charge is -2.32. The molecule has 1 N–H and O–H groups in total. The second-order valence-corrected chi connectivity index (χ2v) is 9.82. The predicted molar refractivity (Wildman–Crippen MR) is 128 cm³/mol. The fourth-order valence-corrected chi connectivity index (χ4v) is 4.46. The van der Waals surface area contributed by atoms with Crippen LogP contribution in [0.1, 0.15) is 25.8 Å². The molecular formula is C23H29ClFN3O4S. The Labute approximate surface area is 199 Å². The first-order valence-corrected chi connectivity index (χ1v) is 12.8. The minimum absolute atomic E-state index is 0.0614. The van der Waals surface area contributed by atoms with E-state index in [4.69, 9.17) is 11.6 Å². The summed E-state index contributed by atoms with van der Waals surface area (Å²) in [6.45, 7) is 3.65. The zero-order valence-electron chi connectivity index (χ0n) is 18.9. The van der Waals surface area contributed by atoms with Crippen LogP contribution in [0.5, 0.6) is 0 Å². The lowest BCUT2D eigenvalue weighted by Crippen LogP contribution is -2.53. The number of likely N-dealkylation sites (N-methyl/N-ethyl adjacent to an activating group) is 1. The third-order valence-electron chi connectivity index (χ3n) is 5.09. The number of amides is 2. The van der Waals surface area contributed by atoms with Crippen LogP contribution in [0, 0.1) is 5.82 Å². The molecule has 2 aromatic carbocycles. The zero-order valence-corrected chi connectivity index (χ0v) is 20.5. The Kier molecular flexibility index (Phi) is 9.67. The van der Waals surface area contributed by atoms with Crippen LogP contribution in [0.4, 0.5) is 10.1 Å². The molecular weight excluding hydrogens is 469 g/mol. The standard InChI is InChI=1S/C23H29ClFN3O4S/c1-4-21(23(30)26-5-2)27(14-13-17-9-7-6-8-10-17)22(29)16-28(33(3,31)32)18-11-12-20(25)19(24)15-18/h6-12,15,21H,4-5,13-14,16H2,1-3H3,(H,26,30)/t21-/m1/s1. The highest BCUT2D eigenvalue weighted by Crippen LogP contribution is 2.25. The van der Waals surface area contributed by atoms with Gasteiger partial charge in [0, 0.05) is 13.1 Å². The number of benzene rings is 2. The van der Waals surface area contributed by atoms with Crippen LogP contribution in [-0.4, -0.2) is 57.1 Å². The number of halogens is 2. The normalized spacial score (nSPS) is 12.2.